The molecule has 0 unspecified atom stereocenters. The van der Waals surface area contributed by atoms with E-state index in [0.29, 0.717) is 6.54 Å². The lowest BCUT2D eigenvalue weighted by Gasteiger charge is -2.06. The molecule has 0 spiro atoms. The van der Waals surface area contributed by atoms with E-state index in [1.165, 1.54) is 0 Å². The van der Waals surface area contributed by atoms with Crippen LogP contribution in [0.3, 0.4) is 0 Å². The van der Waals surface area contributed by atoms with Crippen LogP contribution in [0.1, 0.15) is 5.56 Å². The van der Waals surface area contributed by atoms with E-state index in [1.807, 2.05) is 55.5 Å². The van der Waals surface area contributed by atoms with Crippen molar-refractivity contribution >= 4 is 28.2 Å². The van der Waals surface area contributed by atoms with Gasteiger partial charge in [-0.15, -0.1) is 16.8 Å². The molecule has 2 N–H and O–H groups in total. The Morgan fingerprint density at radius 3 is 2.73 bits per heavy atom. The van der Waals surface area contributed by atoms with Crippen LogP contribution >= 0.6 is 0 Å². The monoisotopic (exact) mass is 348 g/mol. The molecule has 0 saturated heterocycles. The van der Waals surface area contributed by atoms with Gasteiger partial charge in [0.1, 0.15) is 0 Å². The van der Waals surface area contributed by atoms with Crippen LogP contribution in [0.4, 0.5) is 11.4 Å². The van der Waals surface area contributed by atoms with E-state index < -0.39 is 5.91 Å². The Hall–Kier alpha value is -3.41. The number of nitrogens with zero attached hydrogens (tertiary/aromatic N) is 3. The highest BCUT2D eigenvalue weighted by molar-refractivity contribution is 5.95. The van der Waals surface area contributed by atoms with Gasteiger partial charge >= 0.3 is 0 Å². The third kappa shape index (κ3) is 3.49. The Morgan fingerprint density at radius 2 is 1.96 bits per heavy atom. The van der Waals surface area contributed by atoms with Gasteiger partial charge in [0.25, 0.3) is 5.91 Å². The number of aryl methyl sites for hydroxylation is 1. The average Bonchev–Trinajstić information content (AvgIpc) is 2.91. The molecule has 0 saturated carbocycles. The van der Waals surface area contributed by atoms with Crippen molar-refractivity contribution < 1.29 is 9.90 Å². The molecule has 0 bridgehead atoms. The number of para-hydroxylation sites is 2. The molecule has 26 heavy (non-hydrogen) atoms. The van der Waals surface area contributed by atoms with Gasteiger partial charge in [0.15, 0.2) is 5.69 Å². The zero-order chi connectivity index (χ0) is 18.5. The second-order valence-corrected chi connectivity index (χ2v) is 5.85. The zero-order valence-electron chi connectivity index (χ0n) is 14.5. The molecule has 0 aliphatic heterocycles. The molecule has 1 amide bonds. The number of nitrogens with one attached hydrogen (secondary N) is 1. The smallest absolute Gasteiger partial charge is 0.283 e. The highest BCUT2D eigenvalue weighted by atomic mass is 16.3. The summed E-state index contributed by atoms with van der Waals surface area (Å²) in [6.45, 7) is 6.12. The molecule has 0 radical (unpaired) electrons. The van der Waals surface area contributed by atoms with Gasteiger partial charge in [-0.3, -0.25) is 4.79 Å². The Morgan fingerprint density at radius 1 is 1.23 bits per heavy atom. The highest BCUT2D eigenvalue weighted by Gasteiger charge is 2.15. The van der Waals surface area contributed by atoms with Crippen LogP contribution in [0.25, 0.3) is 10.9 Å². The number of allylic oxidation sites excluding steroid dienone is 1. The van der Waals surface area contributed by atoms with Gasteiger partial charge in [-0.2, -0.15) is 0 Å². The number of carbonyl (C=O) groups excluding carboxylic acids is 1. The average molecular weight is 348 g/mol. The van der Waals surface area contributed by atoms with E-state index in [-0.39, 0.29) is 18.1 Å². The van der Waals surface area contributed by atoms with Crippen molar-refractivity contribution in [1.82, 2.24) is 4.57 Å². The maximum absolute atomic E-state index is 12.1. The van der Waals surface area contributed by atoms with Crippen LogP contribution in [-0.4, -0.2) is 22.1 Å². The van der Waals surface area contributed by atoms with E-state index in [9.17, 15) is 9.90 Å². The third-order valence-corrected chi connectivity index (χ3v) is 4.07. The lowest BCUT2D eigenvalue weighted by atomic mass is 10.2. The van der Waals surface area contributed by atoms with Crippen LogP contribution in [-0.2, 0) is 11.3 Å². The summed E-state index contributed by atoms with van der Waals surface area (Å²) in [5, 5.41) is 22.0. The molecule has 6 heteroatoms. The number of azo groups is 1. The first-order valence-electron chi connectivity index (χ1n) is 8.27. The number of fused-ring (bicyclic) bond motifs is 1. The summed E-state index contributed by atoms with van der Waals surface area (Å²) in [6, 6.07) is 15.1. The summed E-state index contributed by atoms with van der Waals surface area (Å²) in [5.41, 5.74) is 3.01. The van der Waals surface area contributed by atoms with Gasteiger partial charge in [0, 0.05) is 17.6 Å². The number of rotatable bonds is 6. The van der Waals surface area contributed by atoms with E-state index >= 15 is 0 Å². The lowest BCUT2D eigenvalue weighted by molar-refractivity contribution is -0.116. The van der Waals surface area contributed by atoms with Gasteiger partial charge in [0.2, 0.25) is 5.88 Å². The largest absolute Gasteiger partial charge is 0.493 e. The molecular weight excluding hydrogens is 328 g/mol. The lowest BCUT2D eigenvalue weighted by Crippen LogP contribution is -2.11. The SMILES string of the molecule is C=CCn1c(O)c(N=NC(=O)CNc2ccccc2C)c2ccccc21. The number of hydrogen-bond acceptors (Lipinski definition) is 4. The molecule has 1 aromatic heterocycles. The van der Waals surface area contributed by atoms with Gasteiger partial charge < -0.3 is 15.0 Å². The first-order valence-corrected chi connectivity index (χ1v) is 8.27. The molecule has 3 rings (SSSR count). The summed E-state index contributed by atoms with van der Waals surface area (Å²) in [7, 11) is 0. The predicted octanol–water partition coefficient (Wildman–Crippen LogP) is 4.56. The van der Waals surface area contributed by atoms with E-state index in [2.05, 4.69) is 22.1 Å². The molecule has 0 aliphatic rings. The quantitative estimate of drug-likeness (QED) is 0.506. The second-order valence-electron chi connectivity index (χ2n) is 5.85. The highest BCUT2D eigenvalue weighted by Crippen LogP contribution is 2.38. The summed E-state index contributed by atoms with van der Waals surface area (Å²) >= 11 is 0. The van der Waals surface area contributed by atoms with Crippen molar-refractivity contribution in [3.05, 3.63) is 66.7 Å². The normalized spacial score (nSPS) is 11.1. The maximum Gasteiger partial charge on any atom is 0.283 e. The minimum Gasteiger partial charge on any atom is -0.493 e. The predicted molar refractivity (Wildman–Crippen MR) is 103 cm³/mol. The number of amides is 1. The topological polar surface area (TPSA) is 79.0 Å². The van der Waals surface area contributed by atoms with Gasteiger partial charge in [-0.1, -0.05) is 42.5 Å². The molecule has 0 fully saturated rings. The number of anilines is 1. The van der Waals surface area contributed by atoms with E-state index in [1.54, 1.807) is 10.6 Å². The molecule has 6 nitrogen and oxygen atoms in total. The summed E-state index contributed by atoms with van der Waals surface area (Å²) < 4.78 is 1.67. The molecule has 0 atom stereocenters. The van der Waals surface area contributed by atoms with Crippen LogP contribution in [0.2, 0.25) is 0 Å². The van der Waals surface area contributed by atoms with E-state index in [4.69, 9.17) is 0 Å². The minimum absolute atomic E-state index is 0.0282. The van der Waals surface area contributed by atoms with Gasteiger partial charge in [-0.05, 0) is 24.6 Å². The van der Waals surface area contributed by atoms with Crippen molar-refractivity contribution in [3.63, 3.8) is 0 Å². The molecule has 1 heterocycles. The minimum atomic E-state index is -0.423. The van der Waals surface area contributed by atoms with Crippen molar-refractivity contribution in [3.8, 4) is 5.88 Å². The summed E-state index contributed by atoms with van der Waals surface area (Å²) in [5.74, 6) is -0.456. The maximum atomic E-state index is 12.1. The van der Waals surface area contributed by atoms with Gasteiger partial charge in [-0.25, -0.2) is 0 Å². The van der Waals surface area contributed by atoms with Crippen molar-refractivity contribution in [2.24, 2.45) is 10.2 Å². The third-order valence-electron chi connectivity index (χ3n) is 4.07. The van der Waals surface area contributed by atoms with Crippen LogP contribution < -0.4 is 5.32 Å². The standard InChI is InChI=1S/C20H20N4O2/c1-3-12-24-17-11-7-5-9-15(17)19(20(24)26)23-22-18(25)13-21-16-10-6-4-8-14(16)2/h3-11,21,26H,1,12-13H2,2H3. The molecule has 2 aromatic carbocycles. The summed E-state index contributed by atoms with van der Waals surface area (Å²) in [4.78, 5) is 12.1. The number of benzene rings is 2. The fourth-order valence-electron chi connectivity index (χ4n) is 2.77. The molecular formula is C20H20N4O2. The van der Waals surface area contributed by atoms with Gasteiger partial charge in [0.05, 0.1) is 12.1 Å². The number of aromatic hydroxyl groups is 1. The first-order chi connectivity index (χ1) is 12.6. The van der Waals surface area contributed by atoms with E-state index in [0.717, 1.165) is 22.2 Å². The Kier molecular flexibility index (Phi) is 5.12. The van der Waals surface area contributed by atoms with Crippen LogP contribution in [0, 0.1) is 6.92 Å². The Labute approximate surface area is 151 Å². The van der Waals surface area contributed by atoms with Crippen molar-refractivity contribution in [2.45, 2.75) is 13.5 Å². The Bertz CT molecular complexity index is 989. The first kappa shape index (κ1) is 17.4. The zero-order valence-corrected chi connectivity index (χ0v) is 14.5. The number of carbonyl (C=O) groups is 1. The summed E-state index contributed by atoms with van der Waals surface area (Å²) in [6.07, 6.45) is 1.68. The molecule has 132 valence electrons. The molecule has 3 aromatic rings. The number of aromatic nitrogens is 1. The number of hydrogen-bond donors (Lipinski definition) is 2. The fraction of sp³-hybridized carbons (Fsp3) is 0.150. The van der Waals surface area contributed by atoms with Crippen molar-refractivity contribution in [2.75, 3.05) is 11.9 Å². The molecule has 0 aliphatic carbocycles. The second kappa shape index (κ2) is 7.65. The van der Waals surface area contributed by atoms with Crippen LogP contribution in [0.15, 0.2) is 71.4 Å². The van der Waals surface area contributed by atoms with Crippen LogP contribution in [0.5, 0.6) is 5.88 Å². The fourth-order valence-corrected chi connectivity index (χ4v) is 2.77. The van der Waals surface area contributed by atoms with Crippen molar-refractivity contribution in [1.29, 1.82) is 0 Å². The Balaban J connectivity index is 1.80.